The van der Waals surface area contributed by atoms with E-state index in [-0.39, 0.29) is 44.5 Å². The molecule has 0 aliphatic carbocycles. The molecule has 12 heteroatoms. The minimum atomic E-state index is -1.21. The third-order valence-electron chi connectivity index (χ3n) is 5.33. The molecule has 1 fully saturated rings. The second kappa shape index (κ2) is 11.8. The molecule has 2 rings (SSSR count). The summed E-state index contributed by atoms with van der Waals surface area (Å²) in [6, 6.07) is 2.66. The van der Waals surface area contributed by atoms with Crippen LogP contribution in [0.1, 0.15) is 31.2 Å². The van der Waals surface area contributed by atoms with Gasteiger partial charge in [-0.15, -0.1) is 0 Å². The predicted octanol–water partition coefficient (Wildman–Crippen LogP) is -1.80. The standard InChI is InChI=1S/C21H29N5O7/c22-11-18(29)24-15(10-12-3-5-13(27)6-4-12)19(30)25-14(7-8-17(23)28)20(31)26-9-1-2-16(26)21(32)33/h3-6,14-16,27H,1-2,7-11,22H2,(H2,23,28)(H,24,29)(H,25,30)(H,32,33). The minimum absolute atomic E-state index is 0.0291. The van der Waals surface area contributed by atoms with Crippen molar-refractivity contribution in [2.75, 3.05) is 13.1 Å². The van der Waals surface area contributed by atoms with E-state index in [1.807, 2.05) is 0 Å². The van der Waals surface area contributed by atoms with E-state index in [1.54, 1.807) is 12.1 Å². The number of carboxylic acid groups (broad SMARTS) is 1. The third kappa shape index (κ3) is 7.45. The van der Waals surface area contributed by atoms with Crippen molar-refractivity contribution in [2.45, 2.75) is 50.2 Å². The van der Waals surface area contributed by atoms with Crippen molar-refractivity contribution in [3.05, 3.63) is 29.8 Å². The van der Waals surface area contributed by atoms with E-state index in [0.717, 1.165) is 0 Å². The lowest BCUT2D eigenvalue weighted by molar-refractivity contribution is -0.149. The molecule has 0 spiro atoms. The zero-order valence-corrected chi connectivity index (χ0v) is 18.0. The zero-order chi connectivity index (χ0) is 24.5. The number of carbonyl (C=O) groups is 5. The van der Waals surface area contributed by atoms with Crippen LogP contribution in [0, 0.1) is 0 Å². The maximum atomic E-state index is 13.1. The van der Waals surface area contributed by atoms with Gasteiger partial charge in [-0.1, -0.05) is 12.1 Å². The average Bonchev–Trinajstić information content (AvgIpc) is 3.27. The minimum Gasteiger partial charge on any atom is -0.508 e. The maximum absolute atomic E-state index is 13.1. The number of primary amides is 1. The van der Waals surface area contributed by atoms with E-state index in [9.17, 15) is 34.2 Å². The molecule has 3 atom stereocenters. The van der Waals surface area contributed by atoms with Crippen LogP contribution in [0.2, 0.25) is 0 Å². The number of benzene rings is 1. The molecule has 12 nitrogen and oxygen atoms in total. The predicted molar refractivity (Wildman–Crippen MR) is 116 cm³/mol. The first-order valence-electron chi connectivity index (χ1n) is 10.5. The van der Waals surface area contributed by atoms with Crippen LogP contribution in [0.4, 0.5) is 0 Å². The van der Waals surface area contributed by atoms with Crippen molar-refractivity contribution in [1.82, 2.24) is 15.5 Å². The van der Waals surface area contributed by atoms with Crippen molar-refractivity contribution in [3.8, 4) is 5.75 Å². The van der Waals surface area contributed by atoms with Gasteiger partial charge >= 0.3 is 5.97 Å². The first-order chi connectivity index (χ1) is 15.6. The number of rotatable bonds is 11. The van der Waals surface area contributed by atoms with Crippen molar-refractivity contribution in [1.29, 1.82) is 0 Å². The molecule has 1 aromatic carbocycles. The van der Waals surface area contributed by atoms with Crippen molar-refractivity contribution in [2.24, 2.45) is 11.5 Å². The first-order valence-corrected chi connectivity index (χ1v) is 10.5. The van der Waals surface area contributed by atoms with Gasteiger partial charge in [0.05, 0.1) is 6.54 Å². The lowest BCUT2D eigenvalue weighted by Gasteiger charge is -2.28. The normalized spacial score (nSPS) is 17.1. The summed E-state index contributed by atoms with van der Waals surface area (Å²) in [6.07, 6.45) is 0.485. The summed E-state index contributed by atoms with van der Waals surface area (Å²) in [4.78, 5) is 61.9. The molecule has 1 heterocycles. The van der Waals surface area contributed by atoms with Gasteiger partial charge in [0.25, 0.3) is 0 Å². The van der Waals surface area contributed by atoms with E-state index >= 15 is 0 Å². The number of likely N-dealkylation sites (tertiary alicyclic amines) is 1. The summed E-state index contributed by atoms with van der Waals surface area (Å²) < 4.78 is 0. The number of carbonyl (C=O) groups excluding carboxylic acids is 4. The summed E-state index contributed by atoms with van der Waals surface area (Å²) in [5.74, 6) is -3.75. The molecular weight excluding hydrogens is 434 g/mol. The highest BCUT2D eigenvalue weighted by Gasteiger charge is 2.38. The van der Waals surface area contributed by atoms with E-state index in [1.165, 1.54) is 17.0 Å². The third-order valence-corrected chi connectivity index (χ3v) is 5.33. The smallest absolute Gasteiger partial charge is 0.326 e. The molecule has 180 valence electrons. The number of aromatic hydroxyl groups is 1. The Morgan fingerprint density at radius 2 is 1.76 bits per heavy atom. The van der Waals surface area contributed by atoms with Crippen molar-refractivity contribution < 1.29 is 34.2 Å². The Hall–Kier alpha value is -3.67. The Bertz CT molecular complexity index is 889. The SMILES string of the molecule is NCC(=O)NC(Cc1ccc(O)cc1)C(=O)NC(CCC(N)=O)C(=O)N1CCCC1C(=O)O. The average molecular weight is 463 g/mol. The molecule has 3 unspecified atom stereocenters. The Labute approximate surface area is 190 Å². The van der Waals surface area contributed by atoms with Crippen LogP contribution in [0.5, 0.6) is 5.75 Å². The van der Waals surface area contributed by atoms with Gasteiger partial charge in [0.15, 0.2) is 0 Å². The molecule has 4 amide bonds. The number of hydrogen-bond donors (Lipinski definition) is 6. The fraction of sp³-hybridized carbons (Fsp3) is 0.476. The van der Waals surface area contributed by atoms with Crippen LogP contribution >= 0.6 is 0 Å². The molecule has 33 heavy (non-hydrogen) atoms. The van der Waals surface area contributed by atoms with E-state index in [0.29, 0.717) is 12.0 Å². The van der Waals surface area contributed by atoms with Crippen LogP contribution < -0.4 is 22.1 Å². The fourth-order valence-electron chi connectivity index (χ4n) is 3.63. The number of nitrogens with two attached hydrogens (primary N) is 2. The maximum Gasteiger partial charge on any atom is 0.326 e. The fourth-order valence-corrected chi connectivity index (χ4v) is 3.63. The number of amides is 4. The molecule has 0 saturated carbocycles. The van der Waals surface area contributed by atoms with Gasteiger partial charge in [-0.05, 0) is 37.0 Å². The number of aliphatic carboxylic acids is 1. The number of nitrogens with zero attached hydrogens (tertiary/aromatic N) is 1. The van der Waals surface area contributed by atoms with Gasteiger partial charge in [0.2, 0.25) is 23.6 Å². The van der Waals surface area contributed by atoms with Gasteiger partial charge in [0, 0.05) is 19.4 Å². The Balaban J connectivity index is 2.21. The van der Waals surface area contributed by atoms with E-state index in [4.69, 9.17) is 11.5 Å². The van der Waals surface area contributed by atoms with Gasteiger partial charge in [-0.3, -0.25) is 19.2 Å². The van der Waals surface area contributed by atoms with Crippen LogP contribution in [-0.4, -0.2) is 75.9 Å². The highest BCUT2D eigenvalue weighted by molar-refractivity contribution is 5.94. The Kier molecular flexibility index (Phi) is 9.16. The lowest BCUT2D eigenvalue weighted by atomic mass is 10.0. The first kappa shape index (κ1) is 25.6. The molecule has 8 N–H and O–H groups in total. The molecule has 1 aromatic rings. The monoisotopic (exact) mass is 463 g/mol. The van der Waals surface area contributed by atoms with Crippen molar-refractivity contribution in [3.63, 3.8) is 0 Å². The topological polar surface area (TPSA) is 205 Å². The number of nitrogens with one attached hydrogen (secondary N) is 2. The van der Waals surface area contributed by atoms with Gasteiger partial charge < -0.3 is 37.2 Å². The summed E-state index contributed by atoms with van der Waals surface area (Å²) in [5.41, 5.74) is 11.2. The number of phenols is 1. The van der Waals surface area contributed by atoms with Gasteiger partial charge in [-0.2, -0.15) is 0 Å². The van der Waals surface area contributed by atoms with Crippen molar-refractivity contribution >= 4 is 29.6 Å². The molecular formula is C21H29N5O7. The summed E-state index contributed by atoms with van der Waals surface area (Å²) >= 11 is 0. The second-order valence-electron chi connectivity index (χ2n) is 7.79. The molecule has 0 radical (unpaired) electrons. The second-order valence-corrected chi connectivity index (χ2v) is 7.79. The molecule has 1 aliphatic rings. The molecule has 0 bridgehead atoms. The quantitative estimate of drug-likeness (QED) is 0.220. The highest BCUT2D eigenvalue weighted by atomic mass is 16.4. The largest absolute Gasteiger partial charge is 0.508 e. The summed E-state index contributed by atoms with van der Waals surface area (Å²) in [5, 5.41) is 23.8. The number of hydrogen-bond acceptors (Lipinski definition) is 7. The Morgan fingerprint density at radius 1 is 1.09 bits per heavy atom. The lowest BCUT2D eigenvalue weighted by Crippen LogP contribution is -2.56. The van der Waals surface area contributed by atoms with Crippen LogP contribution in [0.25, 0.3) is 0 Å². The molecule has 0 aromatic heterocycles. The number of phenolic OH excluding ortho intramolecular Hbond substituents is 1. The van der Waals surface area contributed by atoms with Crippen LogP contribution in [-0.2, 0) is 30.4 Å². The highest BCUT2D eigenvalue weighted by Crippen LogP contribution is 2.20. The Morgan fingerprint density at radius 3 is 2.33 bits per heavy atom. The van der Waals surface area contributed by atoms with Gasteiger partial charge in [-0.25, -0.2) is 4.79 Å². The number of carboxylic acids is 1. The van der Waals surface area contributed by atoms with E-state index in [2.05, 4.69) is 10.6 Å². The summed E-state index contributed by atoms with van der Waals surface area (Å²) in [6.45, 7) is -0.156. The van der Waals surface area contributed by atoms with Crippen LogP contribution in [0.3, 0.4) is 0 Å². The van der Waals surface area contributed by atoms with E-state index < -0.39 is 47.7 Å². The van der Waals surface area contributed by atoms with Crippen LogP contribution in [0.15, 0.2) is 24.3 Å². The molecule has 1 saturated heterocycles. The zero-order valence-electron chi connectivity index (χ0n) is 18.0. The summed E-state index contributed by atoms with van der Waals surface area (Å²) in [7, 11) is 0. The molecule has 1 aliphatic heterocycles. The van der Waals surface area contributed by atoms with Gasteiger partial charge in [0.1, 0.15) is 23.9 Å².